The predicted molar refractivity (Wildman–Crippen MR) is 167 cm³/mol. The molecule has 4 fully saturated rings. The highest BCUT2D eigenvalue weighted by atomic mass is 16.7. The zero-order chi connectivity index (χ0) is 38.1. The lowest BCUT2D eigenvalue weighted by atomic mass is 10.0. The average molecular weight is 749 g/mol. The van der Waals surface area contributed by atoms with Crippen LogP contribution in [-0.2, 0) is 52.6 Å². The van der Waals surface area contributed by atoms with E-state index in [0.717, 1.165) is 4.90 Å². The van der Waals surface area contributed by atoms with Gasteiger partial charge < -0.3 is 70.0 Å². The van der Waals surface area contributed by atoms with E-state index >= 15 is 0 Å². The van der Waals surface area contributed by atoms with Crippen LogP contribution in [0.1, 0.15) is 58.3 Å². The summed E-state index contributed by atoms with van der Waals surface area (Å²) in [6.07, 6.45) is -12.0. The van der Waals surface area contributed by atoms with Crippen LogP contribution < -0.4 is 10.6 Å². The van der Waals surface area contributed by atoms with E-state index < -0.39 is 103 Å². The molecule has 0 aromatic heterocycles. The van der Waals surface area contributed by atoms with Crippen LogP contribution in [0, 0.1) is 0 Å². The van der Waals surface area contributed by atoms with Gasteiger partial charge in [0, 0.05) is 38.8 Å². The Hall–Kier alpha value is -3.38. The number of hydrogen-bond acceptors (Lipinski definition) is 17. The summed E-state index contributed by atoms with van der Waals surface area (Å²) in [5.41, 5.74) is 0. The number of amides is 5. The lowest BCUT2D eigenvalue weighted by Crippen LogP contribution is -2.57. The first-order chi connectivity index (χ1) is 24.7. The Balaban J connectivity index is 1.29. The number of nitrogens with zero attached hydrogens (tertiary/aromatic N) is 2. The Labute approximate surface area is 298 Å². The molecule has 0 spiro atoms. The second kappa shape index (κ2) is 19.1. The van der Waals surface area contributed by atoms with Crippen LogP contribution in [0.2, 0.25) is 0 Å². The smallest absolute Gasteiger partial charge is 0.333 e. The standard InChI is InChI=1S/C31H48N4O17/c1-15-23(41)25(43)27(45)31(51-15)49-13-11-33-29(47)17-7-6-16(28(46)32-10-12-48-30-26(44)24(42)18(36)14-50-30)34(17)19(37)4-2-3-5-22(40)52-35-20(38)8-9-21(35)39/h15-18,23-27,30-31,36,41-45H,2-14H2,1H3,(H,32,46)(H,33,47)/t15-,16+,17+,18+,23+,24+,25+,26-,27-,30+,31+/m0/s1. The number of aliphatic hydroxyl groups is 6. The maximum atomic E-state index is 13.5. The first-order valence-electron chi connectivity index (χ1n) is 17.2. The molecule has 4 aliphatic heterocycles. The quantitative estimate of drug-likeness (QED) is 0.0542. The topological polar surface area (TPSA) is 300 Å². The highest BCUT2D eigenvalue weighted by Gasteiger charge is 2.45. The highest BCUT2D eigenvalue weighted by molar-refractivity contribution is 6.01. The van der Waals surface area contributed by atoms with Crippen molar-refractivity contribution in [3.8, 4) is 0 Å². The van der Waals surface area contributed by atoms with Crippen molar-refractivity contribution in [3.05, 3.63) is 0 Å². The van der Waals surface area contributed by atoms with E-state index in [1.54, 1.807) is 0 Å². The molecule has 5 amide bonds. The first kappa shape index (κ1) is 41.4. The number of hydroxylamine groups is 2. The number of imide groups is 1. The van der Waals surface area contributed by atoms with Gasteiger partial charge in [-0.1, -0.05) is 0 Å². The van der Waals surface area contributed by atoms with Gasteiger partial charge in [0.2, 0.25) is 17.7 Å². The minimum Gasteiger partial charge on any atom is -0.388 e. The lowest BCUT2D eigenvalue weighted by molar-refractivity contribution is -0.292. The molecule has 0 unspecified atom stereocenters. The van der Waals surface area contributed by atoms with E-state index in [-0.39, 0.29) is 84.3 Å². The summed E-state index contributed by atoms with van der Waals surface area (Å²) in [7, 11) is 0. The molecule has 0 bridgehead atoms. The molecular weight excluding hydrogens is 700 g/mol. The van der Waals surface area contributed by atoms with Crippen molar-refractivity contribution in [2.75, 3.05) is 32.9 Å². The van der Waals surface area contributed by atoms with Gasteiger partial charge in [-0.15, -0.1) is 5.06 Å². The van der Waals surface area contributed by atoms with E-state index in [9.17, 15) is 59.4 Å². The van der Waals surface area contributed by atoms with Crippen LogP contribution >= 0.6 is 0 Å². The largest absolute Gasteiger partial charge is 0.388 e. The summed E-state index contributed by atoms with van der Waals surface area (Å²) in [4.78, 5) is 81.6. The van der Waals surface area contributed by atoms with Gasteiger partial charge >= 0.3 is 5.97 Å². The van der Waals surface area contributed by atoms with Crippen LogP contribution in [0.25, 0.3) is 0 Å². The number of aliphatic hydroxyl groups excluding tert-OH is 6. The van der Waals surface area contributed by atoms with Crippen molar-refractivity contribution in [1.29, 1.82) is 0 Å². The van der Waals surface area contributed by atoms with Crippen molar-refractivity contribution >= 4 is 35.5 Å². The fourth-order valence-corrected chi connectivity index (χ4v) is 6.16. The molecular formula is C31H48N4O17. The lowest BCUT2D eigenvalue weighted by Gasteiger charge is -2.38. The molecule has 52 heavy (non-hydrogen) atoms. The van der Waals surface area contributed by atoms with E-state index in [0.29, 0.717) is 5.06 Å². The van der Waals surface area contributed by atoms with E-state index in [2.05, 4.69) is 10.6 Å². The number of unbranched alkanes of at least 4 members (excludes halogenated alkanes) is 1. The fraction of sp³-hybridized carbons (Fsp3) is 0.806. The first-order valence-corrected chi connectivity index (χ1v) is 17.2. The second-order valence-electron chi connectivity index (χ2n) is 12.9. The van der Waals surface area contributed by atoms with E-state index in [1.807, 2.05) is 0 Å². The van der Waals surface area contributed by atoms with Gasteiger partial charge in [-0.25, -0.2) is 4.79 Å². The maximum absolute atomic E-state index is 13.5. The Morgan fingerprint density at radius 2 is 1.29 bits per heavy atom. The van der Waals surface area contributed by atoms with Gasteiger partial charge in [0.15, 0.2) is 12.6 Å². The van der Waals surface area contributed by atoms with Crippen LogP contribution in [0.15, 0.2) is 0 Å². The molecule has 4 heterocycles. The predicted octanol–water partition coefficient (Wildman–Crippen LogP) is -4.95. The Morgan fingerprint density at radius 1 is 0.750 bits per heavy atom. The summed E-state index contributed by atoms with van der Waals surface area (Å²) < 4.78 is 21.4. The van der Waals surface area contributed by atoms with Crippen LogP contribution in [0.5, 0.6) is 0 Å². The summed E-state index contributed by atoms with van der Waals surface area (Å²) >= 11 is 0. The van der Waals surface area contributed by atoms with Gasteiger partial charge in [-0.2, -0.15) is 0 Å². The molecule has 0 aromatic rings. The molecule has 8 N–H and O–H groups in total. The second-order valence-corrected chi connectivity index (χ2v) is 12.9. The molecule has 0 radical (unpaired) electrons. The van der Waals surface area contributed by atoms with Crippen LogP contribution in [0.3, 0.4) is 0 Å². The van der Waals surface area contributed by atoms with Crippen LogP contribution in [0.4, 0.5) is 0 Å². The SMILES string of the molecule is C[C@@H]1O[C@@H](OCCNC(=O)[C@H]2CC[C@H](C(=O)NCCO[C@@H]3OC[C@@H](O)[C@@H](O)[C@@H]3O)N2C(=O)CCCCC(=O)ON2C(=O)CCC2=O)[C@@H](O)[C@H](O)[C@@H]1O. The zero-order valence-electron chi connectivity index (χ0n) is 28.6. The number of carbonyl (C=O) groups excluding carboxylic acids is 6. The normalized spacial score (nSPS) is 33.6. The fourth-order valence-electron chi connectivity index (χ4n) is 6.16. The molecule has 4 rings (SSSR count). The molecule has 0 aliphatic carbocycles. The van der Waals surface area contributed by atoms with Crippen molar-refractivity contribution in [2.24, 2.45) is 0 Å². The minimum atomic E-state index is -1.54. The number of hydrogen-bond donors (Lipinski definition) is 8. The molecule has 11 atom stereocenters. The van der Waals surface area contributed by atoms with E-state index in [1.165, 1.54) is 6.92 Å². The highest BCUT2D eigenvalue weighted by Crippen LogP contribution is 2.27. The summed E-state index contributed by atoms with van der Waals surface area (Å²) in [6.45, 7) is 0.677. The van der Waals surface area contributed by atoms with E-state index in [4.69, 9.17) is 23.8 Å². The molecule has 0 aromatic carbocycles. The Morgan fingerprint density at radius 3 is 1.88 bits per heavy atom. The maximum Gasteiger partial charge on any atom is 0.333 e. The summed E-state index contributed by atoms with van der Waals surface area (Å²) in [6, 6.07) is -2.13. The third-order valence-electron chi connectivity index (χ3n) is 9.13. The van der Waals surface area contributed by atoms with Gasteiger partial charge in [0.1, 0.15) is 48.7 Å². The minimum absolute atomic E-state index is 0.0559. The third-order valence-corrected chi connectivity index (χ3v) is 9.13. The third kappa shape index (κ3) is 10.4. The summed E-state index contributed by atoms with van der Waals surface area (Å²) in [5, 5.41) is 65.0. The van der Waals surface area contributed by atoms with Crippen molar-refractivity contribution in [1.82, 2.24) is 20.6 Å². The zero-order valence-corrected chi connectivity index (χ0v) is 28.6. The molecule has 21 nitrogen and oxygen atoms in total. The van der Waals surface area contributed by atoms with Gasteiger partial charge in [0.05, 0.1) is 25.9 Å². The monoisotopic (exact) mass is 748 g/mol. The van der Waals surface area contributed by atoms with Gasteiger partial charge in [-0.05, 0) is 32.6 Å². The molecule has 4 saturated heterocycles. The summed E-state index contributed by atoms with van der Waals surface area (Å²) in [5.74, 6) is -3.84. The number of ether oxygens (including phenoxy) is 4. The number of carbonyl (C=O) groups is 6. The number of nitrogens with one attached hydrogen (secondary N) is 2. The molecule has 4 aliphatic rings. The molecule has 21 heteroatoms. The molecule has 294 valence electrons. The van der Waals surface area contributed by atoms with Crippen molar-refractivity contribution < 1.29 is 83.2 Å². The van der Waals surface area contributed by atoms with Crippen LogP contribution in [-0.4, -0.2) is 176 Å². The Kier molecular flexibility index (Phi) is 15.2. The van der Waals surface area contributed by atoms with Gasteiger partial charge in [-0.3, -0.25) is 24.0 Å². The van der Waals surface area contributed by atoms with Crippen molar-refractivity contribution in [2.45, 2.75) is 126 Å². The number of rotatable bonds is 16. The molecule has 0 saturated carbocycles. The average Bonchev–Trinajstić information content (AvgIpc) is 3.70. The number of likely N-dealkylation sites (tertiary alicyclic amines) is 1. The van der Waals surface area contributed by atoms with Crippen molar-refractivity contribution in [3.63, 3.8) is 0 Å². The van der Waals surface area contributed by atoms with Gasteiger partial charge in [0.25, 0.3) is 11.8 Å². The Bertz CT molecular complexity index is 1270.